The quantitative estimate of drug-likeness (QED) is 0.347. The van der Waals surface area contributed by atoms with Gasteiger partial charge < -0.3 is 0 Å². The summed E-state index contributed by atoms with van der Waals surface area (Å²) < 4.78 is 0. The zero-order valence-electron chi connectivity index (χ0n) is 9.97. The molecule has 0 aromatic heterocycles. The monoisotopic (exact) mass is 194 g/mol. The molecule has 0 rings (SSSR count). The lowest BCUT2D eigenvalue weighted by Gasteiger charge is -1.97. The normalized spacial score (nSPS) is 11.9. The summed E-state index contributed by atoms with van der Waals surface area (Å²) in [7, 11) is 0. The van der Waals surface area contributed by atoms with Crippen molar-refractivity contribution in [2.24, 2.45) is 0 Å². The Morgan fingerprint density at radius 2 is 1.36 bits per heavy atom. The van der Waals surface area contributed by atoms with Gasteiger partial charge in [-0.25, -0.2) is 0 Å². The molecule has 0 aromatic rings. The smallest absolute Gasteiger partial charge is 0.0348 e. The van der Waals surface area contributed by atoms with Crippen LogP contribution in [0.5, 0.6) is 0 Å². The molecule has 0 saturated carbocycles. The lowest BCUT2D eigenvalue weighted by molar-refractivity contribution is 0.611. The van der Waals surface area contributed by atoms with E-state index >= 15 is 0 Å². The molecule has 0 heteroatoms. The van der Waals surface area contributed by atoms with Crippen molar-refractivity contribution in [2.75, 3.05) is 0 Å². The third-order valence-corrected chi connectivity index (χ3v) is 2.34. The van der Waals surface area contributed by atoms with Crippen LogP contribution in [0.3, 0.4) is 0 Å². The molecule has 0 radical (unpaired) electrons. The second-order valence-corrected chi connectivity index (χ2v) is 3.82. The zero-order valence-corrected chi connectivity index (χ0v) is 9.97. The fourth-order valence-corrected chi connectivity index (χ4v) is 1.43. The van der Waals surface area contributed by atoms with Crippen molar-refractivity contribution in [2.45, 2.75) is 65.2 Å². The van der Waals surface area contributed by atoms with Crippen molar-refractivity contribution in [3.05, 3.63) is 24.3 Å². The minimum atomic E-state index is 1.14. The van der Waals surface area contributed by atoms with E-state index in [1.807, 2.05) is 0 Å². The first-order valence-corrected chi connectivity index (χ1v) is 6.23. The fraction of sp³-hybridized carbons (Fsp3) is 0.714. The van der Waals surface area contributed by atoms with Gasteiger partial charge in [0.2, 0.25) is 0 Å². The molecule has 0 aromatic carbocycles. The molecule has 0 saturated heterocycles. The molecular weight excluding hydrogens is 168 g/mol. The van der Waals surface area contributed by atoms with Crippen molar-refractivity contribution < 1.29 is 0 Å². The Labute approximate surface area is 90.1 Å². The highest BCUT2D eigenvalue weighted by Gasteiger charge is 1.87. The summed E-state index contributed by atoms with van der Waals surface area (Å²) in [5.41, 5.74) is 0. The van der Waals surface area contributed by atoms with E-state index in [2.05, 4.69) is 38.2 Å². The molecule has 0 bridgehead atoms. The molecule has 0 unspecified atom stereocenters. The van der Waals surface area contributed by atoms with Crippen LogP contribution in [0.2, 0.25) is 0 Å². The van der Waals surface area contributed by atoms with E-state index in [1.54, 1.807) is 0 Å². The van der Waals surface area contributed by atoms with Crippen LogP contribution in [0.15, 0.2) is 24.3 Å². The Kier molecular flexibility index (Phi) is 12.0. The third-order valence-electron chi connectivity index (χ3n) is 2.34. The SMILES string of the molecule is CCC=C/C=C\CCCCCCCC. The van der Waals surface area contributed by atoms with Crippen LogP contribution < -0.4 is 0 Å². The van der Waals surface area contributed by atoms with Gasteiger partial charge in [0.1, 0.15) is 0 Å². The molecule has 0 atom stereocenters. The van der Waals surface area contributed by atoms with E-state index in [0.717, 1.165) is 6.42 Å². The molecule has 0 heterocycles. The molecule has 0 N–H and O–H groups in total. The average molecular weight is 194 g/mol. The van der Waals surface area contributed by atoms with E-state index < -0.39 is 0 Å². The van der Waals surface area contributed by atoms with Gasteiger partial charge in [-0.15, -0.1) is 0 Å². The molecule has 0 fully saturated rings. The van der Waals surface area contributed by atoms with Gasteiger partial charge in [-0.3, -0.25) is 0 Å². The standard InChI is InChI=1S/C14H26/c1-3-5-7-9-11-13-14-12-10-8-6-4-2/h5,7,9,11H,3-4,6,8,10,12-14H2,1-2H3/b7-5?,11-9-. The number of rotatable bonds is 9. The summed E-state index contributed by atoms with van der Waals surface area (Å²) in [4.78, 5) is 0. The van der Waals surface area contributed by atoms with Crippen molar-refractivity contribution in [3.63, 3.8) is 0 Å². The van der Waals surface area contributed by atoms with Crippen molar-refractivity contribution in [1.29, 1.82) is 0 Å². The summed E-state index contributed by atoms with van der Waals surface area (Å²) in [6, 6.07) is 0. The van der Waals surface area contributed by atoms with Gasteiger partial charge in [-0.2, -0.15) is 0 Å². The second kappa shape index (κ2) is 12.5. The van der Waals surface area contributed by atoms with Gasteiger partial charge in [0.05, 0.1) is 0 Å². The molecule has 0 nitrogen and oxygen atoms in total. The zero-order chi connectivity index (χ0) is 10.5. The molecule has 0 spiro atoms. The Morgan fingerprint density at radius 3 is 2.07 bits per heavy atom. The van der Waals surface area contributed by atoms with Gasteiger partial charge in [-0.1, -0.05) is 70.3 Å². The maximum atomic E-state index is 2.28. The first-order valence-electron chi connectivity index (χ1n) is 6.23. The van der Waals surface area contributed by atoms with Crippen molar-refractivity contribution in [3.8, 4) is 0 Å². The van der Waals surface area contributed by atoms with Gasteiger partial charge in [0.25, 0.3) is 0 Å². The highest BCUT2D eigenvalue weighted by molar-refractivity contribution is 5.01. The first kappa shape index (κ1) is 13.5. The molecular formula is C14H26. The predicted molar refractivity (Wildman–Crippen MR) is 66.6 cm³/mol. The minimum Gasteiger partial charge on any atom is -0.0848 e. The number of unbranched alkanes of at least 4 members (excludes halogenated alkanes) is 6. The molecule has 0 aliphatic heterocycles. The second-order valence-electron chi connectivity index (χ2n) is 3.82. The Morgan fingerprint density at radius 1 is 0.714 bits per heavy atom. The summed E-state index contributed by atoms with van der Waals surface area (Å²) in [5.74, 6) is 0. The van der Waals surface area contributed by atoms with Gasteiger partial charge in [0, 0.05) is 0 Å². The Bertz CT molecular complexity index is 142. The number of allylic oxidation sites excluding steroid dienone is 4. The van der Waals surface area contributed by atoms with Crippen molar-refractivity contribution >= 4 is 0 Å². The Balaban J connectivity index is 3.05. The largest absolute Gasteiger partial charge is 0.0848 e. The predicted octanol–water partition coefficient (Wildman–Crippen LogP) is 5.26. The topological polar surface area (TPSA) is 0 Å². The summed E-state index contributed by atoms with van der Waals surface area (Å²) in [5, 5.41) is 0. The van der Waals surface area contributed by atoms with Crippen molar-refractivity contribution in [1.82, 2.24) is 0 Å². The summed E-state index contributed by atoms with van der Waals surface area (Å²) in [6.45, 7) is 4.43. The maximum absolute atomic E-state index is 2.28. The summed E-state index contributed by atoms with van der Waals surface area (Å²) in [6.07, 6.45) is 19.6. The Hall–Kier alpha value is -0.520. The van der Waals surface area contributed by atoms with Crippen LogP contribution in [0.1, 0.15) is 65.2 Å². The fourth-order valence-electron chi connectivity index (χ4n) is 1.43. The van der Waals surface area contributed by atoms with Crippen LogP contribution in [0, 0.1) is 0 Å². The van der Waals surface area contributed by atoms with Crippen LogP contribution in [0.25, 0.3) is 0 Å². The van der Waals surface area contributed by atoms with Crippen LogP contribution in [-0.4, -0.2) is 0 Å². The van der Waals surface area contributed by atoms with Crippen LogP contribution >= 0.6 is 0 Å². The lowest BCUT2D eigenvalue weighted by atomic mass is 10.1. The number of hydrogen-bond donors (Lipinski definition) is 0. The highest BCUT2D eigenvalue weighted by Crippen LogP contribution is 2.07. The maximum Gasteiger partial charge on any atom is -0.0348 e. The van der Waals surface area contributed by atoms with E-state index in [-0.39, 0.29) is 0 Å². The molecule has 82 valence electrons. The first-order chi connectivity index (χ1) is 6.91. The van der Waals surface area contributed by atoms with Crippen LogP contribution in [-0.2, 0) is 0 Å². The average Bonchev–Trinajstić information content (AvgIpc) is 2.21. The molecule has 0 amide bonds. The summed E-state index contributed by atoms with van der Waals surface area (Å²) >= 11 is 0. The van der Waals surface area contributed by atoms with E-state index in [9.17, 15) is 0 Å². The van der Waals surface area contributed by atoms with Gasteiger partial charge in [-0.05, 0) is 19.3 Å². The molecule has 0 aliphatic rings. The van der Waals surface area contributed by atoms with E-state index in [4.69, 9.17) is 0 Å². The van der Waals surface area contributed by atoms with Crippen LogP contribution in [0.4, 0.5) is 0 Å². The minimum absolute atomic E-state index is 1.14. The molecule has 0 aliphatic carbocycles. The van der Waals surface area contributed by atoms with Gasteiger partial charge in [0.15, 0.2) is 0 Å². The van der Waals surface area contributed by atoms with E-state index in [1.165, 1.54) is 44.9 Å². The number of hydrogen-bond acceptors (Lipinski definition) is 0. The third kappa shape index (κ3) is 11.5. The lowest BCUT2D eigenvalue weighted by Crippen LogP contribution is -1.77. The highest BCUT2D eigenvalue weighted by atomic mass is 13.9. The van der Waals surface area contributed by atoms with Gasteiger partial charge >= 0.3 is 0 Å². The van der Waals surface area contributed by atoms with E-state index in [0.29, 0.717) is 0 Å². The molecule has 14 heavy (non-hydrogen) atoms.